The van der Waals surface area contributed by atoms with E-state index in [1.54, 1.807) is 0 Å². The van der Waals surface area contributed by atoms with Gasteiger partial charge < -0.3 is 4.42 Å². The topological polar surface area (TPSA) is 13.1 Å². The zero-order valence-corrected chi connectivity index (χ0v) is 33.4. The number of fused-ring (bicyclic) bond motifs is 7. The summed E-state index contributed by atoms with van der Waals surface area (Å²) in [7, 11) is 0. The number of hydrogen-bond acceptors (Lipinski definition) is 1. The van der Waals surface area contributed by atoms with E-state index >= 15 is 0 Å². The molecule has 0 spiro atoms. The first-order valence-corrected chi connectivity index (χ1v) is 21.0. The minimum Gasteiger partial charge on any atom is -0.455 e. The fourth-order valence-corrected chi connectivity index (χ4v) is 10.7. The normalized spacial score (nSPS) is 13.3. The zero-order chi connectivity index (χ0) is 39.7. The van der Waals surface area contributed by atoms with Crippen molar-refractivity contribution in [2.24, 2.45) is 0 Å². The molecule has 12 aromatic rings. The Morgan fingerprint density at radius 3 is 1.55 bits per heavy atom. The molecule has 0 saturated heterocycles. The molecule has 1 aliphatic rings. The van der Waals surface area contributed by atoms with E-state index in [0.29, 0.717) is 0 Å². The Hall–Kier alpha value is -7.48. The van der Waals surface area contributed by atoms with Crippen molar-refractivity contribution < 1.29 is 4.42 Å². The Bertz CT molecular complexity index is 3710. The van der Waals surface area contributed by atoms with Crippen LogP contribution in [0.25, 0.3) is 121 Å². The van der Waals surface area contributed by atoms with Gasteiger partial charge in [-0.25, -0.2) is 0 Å². The van der Waals surface area contributed by atoms with Crippen molar-refractivity contribution in [3.8, 4) is 55.6 Å². The summed E-state index contributed by atoms with van der Waals surface area (Å²) in [5, 5.41) is 12.5. The van der Waals surface area contributed by atoms with Gasteiger partial charge in [-0.05, 0) is 129 Å². The Morgan fingerprint density at radius 1 is 0.317 bits per heavy atom. The van der Waals surface area contributed by atoms with E-state index in [0.717, 1.165) is 27.5 Å². The molecule has 1 heterocycles. The van der Waals surface area contributed by atoms with Gasteiger partial charge in [0.1, 0.15) is 11.2 Å². The van der Waals surface area contributed by atoms with Crippen LogP contribution in [0, 0.1) is 0 Å². The summed E-state index contributed by atoms with van der Waals surface area (Å²) in [5.41, 5.74) is 16.8. The molecule has 0 unspecified atom stereocenters. The van der Waals surface area contributed by atoms with Gasteiger partial charge in [0.2, 0.25) is 0 Å². The molecule has 11 aromatic carbocycles. The fourth-order valence-electron chi connectivity index (χ4n) is 10.7. The van der Waals surface area contributed by atoms with Crippen molar-refractivity contribution in [2.45, 2.75) is 19.3 Å². The maximum Gasteiger partial charge on any atom is 0.143 e. The largest absolute Gasteiger partial charge is 0.455 e. The lowest BCUT2D eigenvalue weighted by molar-refractivity contribution is 0.660. The van der Waals surface area contributed by atoms with E-state index in [1.165, 1.54) is 104 Å². The summed E-state index contributed by atoms with van der Waals surface area (Å²) >= 11 is 0. The number of rotatable bonds is 4. The Labute approximate surface area is 348 Å². The lowest BCUT2D eigenvalue weighted by Gasteiger charge is -2.22. The predicted molar refractivity (Wildman–Crippen MR) is 254 cm³/mol. The van der Waals surface area contributed by atoms with Crippen LogP contribution in [0.5, 0.6) is 0 Å². The summed E-state index contributed by atoms with van der Waals surface area (Å²) in [5.74, 6) is 0. The fraction of sp³-hybridized carbons (Fsp3) is 0.0508. The SMILES string of the molecule is CC1(C)c2ccccc2-c2ccc(-c3ccc(-c4ccc(-c5ccc6ccc7c(-c8ccccc8)ccc8ccc5c6c87)cc4)c4c3oc3cc5ccccc5cc34)cc21. The maximum absolute atomic E-state index is 6.98. The van der Waals surface area contributed by atoms with Crippen molar-refractivity contribution in [2.75, 3.05) is 0 Å². The molecule has 0 radical (unpaired) electrons. The molecule has 1 heteroatoms. The van der Waals surface area contributed by atoms with Crippen molar-refractivity contribution in [1.29, 1.82) is 0 Å². The predicted octanol–water partition coefficient (Wildman–Crippen LogP) is 16.6. The molecule has 1 aromatic heterocycles. The van der Waals surface area contributed by atoms with Gasteiger partial charge in [-0.1, -0.05) is 184 Å². The van der Waals surface area contributed by atoms with E-state index in [1.807, 2.05) is 0 Å². The van der Waals surface area contributed by atoms with Crippen LogP contribution in [0.15, 0.2) is 199 Å². The van der Waals surface area contributed by atoms with Gasteiger partial charge in [-0.2, -0.15) is 0 Å². The molecule has 60 heavy (non-hydrogen) atoms. The van der Waals surface area contributed by atoms with Gasteiger partial charge in [0.15, 0.2) is 0 Å². The minimum atomic E-state index is -0.0891. The van der Waals surface area contributed by atoms with Gasteiger partial charge in [0.25, 0.3) is 0 Å². The summed E-state index contributed by atoms with van der Waals surface area (Å²) in [6.45, 7) is 4.70. The first kappa shape index (κ1) is 33.5. The maximum atomic E-state index is 6.98. The van der Waals surface area contributed by atoms with E-state index < -0.39 is 0 Å². The summed E-state index contributed by atoms with van der Waals surface area (Å²) in [6, 6.07) is 71.9. The highest BCUT2D eigenvalue weighted by Crippen LogP contribution is 2.51. The minimum absolute atomic E-state index is 0.0891. The highest BCUT2D eigenvalue weighted by molar-refractivity contribution is 6.27. The number of hydrogen-bond donors (Lipinski definition) is 0. The van der Waals surface area contributed by atoms with Crippen molar-refractivity contribution in [3.63, 3.8) is 0 Å². The van der Waals surface area contributed by atoms with E-state index in [-0.39, 0.29) is 5.41 Å². The van der Waals surface area contributed by atoms with Crippen molar-refractivity contribution in [3.05, 3.63) is 205 Å². The van der Waals surface area contributed by atoms with Gasteiger partial charge in [-0.15, -0.1) is 0 Å². The quantitative estimate of drug-likeness (QED) is 0.163. The molecule has 0 aliphatic heterocycles. The Kier molecular flexibility index (Phi) is 6.85. The first-order valence-electron chi connectivity index (χ1n) is 21.0. The van der Waals surface area contributed by atoms with Crippen LogP contribution >= 0.6 is 0 Å². The molecular weight excluding hydrogens is 725 g/mol. The number of benzene rings is 11. The van der Waals surface area contributed by atoms with Crippen molar-refractivity contribution in [1.82, 2.24) is 0 Å². The third-order valence-corrected chi connectivity index (χ3v) is 13.6. The van der Waals surface area contributed by atoms with E-state index in [4.69, 9.17) is 4.42 Å². The van der Waals surface area contributed by atoms with Crippen LogP contribution in [0.3, 0.4) is 0 Å². The molecule has 280 valence electrons. The van der Waals surface area contributed by atoms with Crippen LogP contribution in [0.4, 0.5) is 0 Å². The summed E-state index contributed by atoms with van der Waals surface area (Å²) in [4.78, 5) is 0. The monoisotopic (exact) mass is 762 g/mol. The molecule has 0 saturated carbocycles. The Morgan fingerprint density at radius 2 is 0.833 bits per heavy atom. The van der Waals surface area contributed by atoms with Gasteiger partial charge in [-0.3, -0.25) is 0 Å². The van der Waals surface area contributed by atoms with Crippen LogP contribution in [-0.2, 0) is 5.41 Å². The average molecular weight is 763 g/mol. The standard InChI is InChI=1S/C59H38O/c1-59(2)52-15-9-8-14-47(52)48-27-24-42(33-53(48)59)46-31-30-45(57-51-32-40-12-6-7-13-41(40)34-54(51)60-58(46)57)37-18-16-36(17-19-37)44-26-21-39-22-28-49-43(35-10-4-3-5-11-35)25-20-38-23-29-50(44)56(39)55(38)49/h3-34H,1-2H3. The molecule has 13 rings (SSSR count). The molecule has 0 amide bonds. The molecule has 0 bridgehead atoms. The zero-order valence-electron chi connectivity index (χ0n) is 33.4. The highest BCUT2D eigenvalue weighted by atomic mass is 16.3. The van der Waals surface area contributed by atoms with E-state index in [9.17, 15) is 0 Å². The smallest absolute Gasteiger partial charge is 0.143 e. The molecule has 0 N–H and O–H groups in total. The van der Waals surface area contributed by atoms with Crippen LogP contribution in [-0.4, -0.2) is 0 Å². The second-order valence-corrected chi connectivity index (χ2v) is 17.2. The van der Waals surface area contributed by atoms with E-state index in [2.05, 4.69) is 208 Å². The lowest BCUT2D eigenvalue weighted by atomic mass is 9.81. The third-order valence-electron chi connectivity index (χ3n) is 13.6. The average Bonchev–Trinajstić information content (AvgIpc) is 3.78. The molecule has 0 fully saturated rings. The second kappa shape index (κ2) is 12.3. The van der Waals surface area contributed by atoms with Crippen LogP contribution in [0.1, 0.15) is 25.0 Å². The first-order chi connectivity index (χ1) is 29.5. The number of furan rings is 1. The summed E-state index contributed by atoms with van der Waals surface area (Å²) < 4.78 is 6.98. The molecule has 1 aliphatic carbocycles. The van der Waals surface area contributed by atoms with Crippen LogP contribution in [0.2, 0.25) is 0 Å². The lowest BCUT2D eigenvalue weighted by Crippen LogP contribution is -2.14. The molecular formula is C59H38O. The van der Waals surface area contributed by atoms with Gasteiger partial charge >= 0.3 is 0 Å². The third kappa shape index (κ3) is 4.69. The molecule has 1 nitrogen and oxygen atoms in total. The van der Waals surface area contributed by atoms with Crippen LogP contribution < -0.4 is 0 Å². The Balaban J connectivity index is 0.971. The van der Waals surface area contributed by atoms with Gasteiger partial charge in [0, 0.05) is 21.8 Å². The second-order valence-electron chi connectivity index (χ2n) is 17.2. The highest BCUT2D eigenvalue weighted by Gasteiger charge is 2.35. The van der Waals surface area contributed by atoms with Gasteiger partial charge in [0.05, 0.1) is 0 Å². The van der Waals surface area contributed by atoms with Crippen molar-refractivity contribution >= 4 is 65.0 Å². The molecule has 0 atom stereocenters. The summed E-state index contributed by atoms with van der Waals surface area (Å²) in [6.07, 6.45) is 0.